The summed E-state index contributed by atoms with van der Waals surface area (Å²) in [4.78, 5) is 11.2. The molecule has 0 spiro atoms. The molecule has 1 amide bonds. The van der Waals surface area contributed by atoms with Gasteiger partial charge in [-0.3, -0.25) is 4.79 Å². The second-order valence-corrected chi connectivity index (χ2v) is 6.32. The van der Waals surface area contributed by atoms with Crippen LogP contribution in [0.4, 0.5) is 0 Å². The number of hydrogen-bond acceptors (Lipinski definition) is 11. The molecule has 9 N–H and O–H groups in total. The Balaban J connectivity index is 2.16. The number of aliphatic hydroxyl groups is 6. The first-order chi connectivity index (χ1) is 12.2. The first-order valence-electron chi connectivity index (χ1n) is 8.16. The van der Waals surface area contributed by atoms with Crippen molar-refractivity contribution in [1.82, 2.24) is 5.32 Å². The molecule has 2 fully saturated rings. The topological polar surface area (TPSA) is 204 Å². The zero-order valence-electron chi connectivity index (χ0n) is 14.1. The van der Waals surface area contributed by atoms with Crippen molar-refractivity contribution in [1.29, 1.82) is 0 Å². The number of nitrogens with two attached hydrogens (primary N) is 1. The van der Waals surface area contributed by atoms with E-state index in [-0.39, 0.29) is 6.54 Å². The van der Waals surface area contributed by atoms with Crippen LogP contribution in [0, 0.1) is 0 Å². The molecule has 152 valence electrons. The third-order valence-corrected chi connectivity index (χ3v) is 4.43. The molecule has 5 unspecified atom stereocenters. The number of carbonyl (C=O) groups is 1. The van der Waals surface area contributed by atoms with E-state index in [9.17, 15) is 35.4 Å². The van der Waals surface area contributed by atoms with Gasteiger partial charge in [0.15, 0.2) is 12.6 Å². The first kappa shape index (κ1) is 21.4. The van der Waals surface area contributed by atoms with Gasteiger partial charge in [-0.25, -0.2) is 0 Å². The van der Waals surface area contributed by atoms with E-state index in [4.69, 9.17) is 19.9 Å². The predicted molar refractivity (Wildman–Crippen MR) is 82.2 cm³/mol. The zero-order chi connectivity index (χ0) is 19.6. The highest BCUT2D eigenvalue weighted by Gasteiger charge is 2.50. The number of nitrogens with one attached hydrogen (secondary N) is 1. The van der Waals surface area contributed by atoms with Gasteiger partial charge in [-0.15, -0.1) is 0 Å². The van der Waals surface area contributed by atoms with Crippen molar-refractivity contribution in [2.24, 2.45) is 5.73 Å². The number of ether oxygens (including phenoxy) is 3. The lowest BCUT2D eigenvalue weighted by Gasteiger charge is -2.46. The highest BCUT2D eigenvalue weighted by atomic mass is 16.7. The van der Waals surface area contributed by atoms with Gasteiger partial charge in [0.1, 0.15) is 48.8 Å². The van der Waals surface area contributed by atoms with Crippen molar-refractivity contribution >= 4 is 5.91 Å². The minimum atomic E-state index is -1.68. The maximum atomic E-state index is 11.2. The Morgan fingerprint density at radius 3 is 2.23 bits per heavy atom. The van der Waals surface area contributed by atoms with Crippen molar-refractivity contribution in [2.45, 2.75) is 68.3 Å². The third-order valence-electron chi connectivity index (χ3n) is 4.43. The second kappa shape index (κ2) is 8.84. The van der Waals surface area contributed by atoms with Crippen LogP contribution >= 0.6 is 0 Å². The molecule has 12 nitrogen and oxygen atoms in total. The Labute approximate surface area is 149 Å². The average Bonchev–Trinajstić information content (AvgIpc) is 2.60. The van der Waals surface area contributed by atoms with Gasteiger partial charge < -0.3 is 55.9 Å². The monoisotopic (exact) mass is 382 g/mol. The summed E-state index contributed by atoms with van der Waals surface area (Å²) in [7, 11) is 0. The summed E-state index contributed by atoms with van der Waals surface area (Å²) in [6.07, 6.45) is -13.0. The standard InChI is InChI=1S/C14H26N2O10/c1-4(18)16-7-9(20)12(6(3-17)24-13(7)23)26-14-11(22)10(21)8(19)5(2-15)25-14/h5-14,17,19-23H,2-3,15H2,1H3,(H,16,18)/t5?,6?,7?,8-,9-,10+,11?,12-,13?,14+/m1/s1. The molecule has 2 aliphatic rings. The largest absolute Gasteiger partial charge is 0.394 e. The molecule has 2 heterocycles. The van der Waals surface area contributed by atoms with Crippen molar-refractivity contribution in [3.8, 4) is 0 Å². The molecule has 0 radical (unpaired) electrons. The summed E-state index contributed by atoms with van der Waals surface area (Å²) >= 11 is 0. The summed E-state index contributed by atoms with van der Waals surface area (Å²) in [6.45, 7) is 0.343. The fourth-order valence-corrected chi connectivity index (χ4v) is 3.02. The van der Waals surface area contributed by atoms with E-state index in [1.54, 1.807) is 0 Å². The number of aliphatic hydroxyl groups excluding tert-OH is 6. The highest BCUT2D eigenvalue weighted by molar-refractivity contribution is 5.73. The van der Waals surface area contributed by atoms with Crippen LogP contribution in [-0.2, 0) is 19.0 Å². The molecular formula is C14H26N2O10. The summed E-state index contributed by atoms with van der Waals surface area (Å²) in [6, 6.07) is -1.26. The van der Waals surface area contributed by atoms with E-state index in [2.05, 4.69) is 5.32 Å². The number of rotatable bonds is 5. The first-order valence-corrected chi connectivity index (χ1v) is 8.16. The van der Waals surface area contributed by atoms with Crippen LogP contribution in [0.1, 0.15) is 6.92 Å². The summed E-state index contributed by atoms with van der Waals surface area (Å²) in [5, 5.41) is 61.8. The zero-order valence-corrected chi connectivity index (χ0v) is 14.1. The van der Waals surface area contributed by atoms with Crippen molar-refractivity contribution in [2.75, 3.05) is 13.2 Å². The molecule has 2 rings (SSSR count). The van der Waals surface area contributed by atoms with Gasteiger partial charge >= 0.3 is 0 Å². The molecule has 10 atom stereocenters. The van der Waals surface area contributed by atoms with Gasteiger partial charge in [0, 0.05) is 13.5 Å². The van der Waals surface area contributed by atoms with Crippen LogP contribution in [0.3, 0.4) is 0 Å². The fraction of sp³-hybridized carbons (Fsp3) is 0.929. The number of hydrogen-bond donors (Lipinski definition) is 8. The quantitative estimate of drug-likeness (QED) is 0.225. The van der Waals surface area contributed by atoms with E-state index in [0.29, 0.717) is 0 Å². The van der Waals surface area contributed by atoms with E-state index in [1.807, 2.05) is 0 Å². The van der Waals surface area contributed by atoms with Crippen molar-refractivity contribution < 1.29 is 49.6 Å². The normalized spacial score (nSPS) is 46.8. The summed E-state index contributed by atoms with van der Waals surface area (Å²) in [5.74, 6) is -0.548. The Morgan fingerprint density at radius 2 is 1.69 bits per heavy atom. The Hall–Kier alpha value is -0.930. The van der Waals surface area contributed by atoms with E-state index >= 15 is 0 Å². The van der Waals surface area contributed by atoms with Gasteiger partial charge in [0.2, 0.25) is 5.91 Å². The lowest BCUT2D eigenvalue weighted by atomic mass is 9.95. The van der Waals surface area contributed by atoms with Gasteiger partial charge in [-0.1, -0.05) is 0 Å². The molecule has 0 aliphatic carbocycles. The van der Waals surface area contributed by atoms with Crippen LogP contribution in [-0.4, -0.2) is 111 Å². The molecule has 0 aromatic carbocycles. The van der Waals surface area contributed by atoms with E-state index < -0.39 is 73.9 Å². The molecule has 26 heavy (non-hydrogen) atoms. The lowest BCUT2D eigenvalue weighted by molar-refractivity contribution is -0.342. The van der Waals surface area contributed by atoms with Crippen LogP contribution in [0.15, 0.2) is 0 Å². The molecule has 0 aromatic heterocycles. The van der Waals surface area contributed by atoms with E-state index in [0.717, 1.165) is 0 Å². The maximum Gasteiger partial charge on any atom is 0.217 e. The highest BCUT2D eigenvalue weighted by Crippen LogP contribution is 2.28. The minimum Gasteiger partial charge on any atom is -0.394 e. The van der Waals surface area contributed by atoms with Gasteiger partial charge in [-0.2, -0.15) is 0 Å². The van der Waals surface area contributed by atoms with Crippen molar-refractivity contribution in [3.05, 3.63) is 0 Å². The van der Waals surface area contributed by atoms with Gasteiger partial charge in [0.05, 0.1) is 6.61 Å². The SMILES string of the molecule is CC(=O)NC1C(O)OC(CO)[C@@H](O[C@@H]2OC(CN)[C@@H](O)[C@H](O)C2O)[C@@H]1O. The van der Waals surface area contributed by atoms with Crippen molar-refractivity contribution in [3.63, 3.8) is 0 Å². The lowest BCUT2D eigenvalue weighted by Crippen LogP contribution is -2.67. The molecule has 0 saturated carbocycles. The predicted octanol–water partition coefficient (Wildman–Crippen LogP) is -5.29. The van der Waals surface area contributed by atoms with E-state index in [1.165, 1.54) is 6.92 Å². The summed E-state index contributed by atoms with van der Waals surface area (Å²) in [5.41, 5.74) is 5.44. The number of amides is 1. The third kappa shape index (κ3) is 4.31. The van der Waals surface area contributed by atoms with Crippen LogP contribution in [0.5, 0.6) is 0 Å². The molecule has 2 saturated heterocycles. The Morgan fingerprint density at radius 1 is 1.04 bits per heavy atom. The smallest absolute Gasteiger partial charge is 0.217 e. The molecule has 0 bridgehead atoms. The average molecular weight is 382 g/mol. The molecule has 0 aromatic rings. The number of carbonyl (C=O) groups excluding carboxylic acids is 1. The molecular weight excluding hydrogens is 356 g/mol. The minimum absolute atomic E-state index is 0.175. The van der Waals surface area contributed by atoms with Crippen LogP contribution in [0.2, 0.25) is 0 Å². The summed E-state index contributed by atoms with van der Waals surface area (Å²) < 4.78 is 15.9. The van der Waals surface area contributed by atoms with Gasteiger partial charge in [0.25, 0.3) is 0 Å². The Bertz CT molecular complexity index is 481. The van der Waals surface area contributed by atoms with Crippen LogP contribution in [0.25, 0.3) is 0 Å². The van der Waals surface area contributed by atoms with Crippen LogP contribution < -0.4 is 11.1 Å². The second-order valence-electron chi connectivity index (χ2n) is 6.32. The molecule has 12 heteroatoms. The van der Waals surface area contributed by atoms with Gasteiger partial charge in [-0.05, 0) is 0 Å². The maximum absolute atomic E-state index is 11.2. The molecule has 2 aliphatic heterocycles. The fourth-order valence-electron chi connectivity index (χ4n) is 3.02. The Kier molecular flexibility index (Phi) is 7.27.